The monoisotopic (exact) mass is 171 g/mol. The topological polar surface area (TPSA) is 61.9 Å². The maximum Gasteiger partial charge on any atom is 0.217 e. The van der Waals surface area contributed by atoms with E-state index >= 15 is 0 Å². The highest BCUT2D eigenvalue weighted by Crippen LogP contribution is 2.42. The molecular weight excluding hydrogens is 158 g/mol. The highest BCUT2D eigenvalue weighted by atomic mass is 16.6. The van der Waals surface area contributed by atoms with Gasteiger partial charge in [0.05, 0.1) is 12.1 Å². The van der Waals surface area contributed by atoms with Crippen LogP contribution in [0, 0.1) is 5.92 Å². The zero-order valence-corrected chi connectivity index (χ0v) is 6.99. The van der Waals surface area contributed by atoms with Gasteiger partial charge in [0.25, 0.3) is 0 Å². The predicted octanol–water partition coefficient (Wildman–Crippen LogP) is -0.729. The van der Waals surface area contributed by atoms with Gasteiger partial charge in [-0.3, -0.25) is 4.79 Å². The molecule has 12 heavy (non-hydrogen) atoms. The normalized spacial score (nSPS) is 43.8. The summed E-state index contributed by atoms with van der Waals surface area (Å²) in [5.74, 6) is 0.208. The van der Waals surface area contributed by atoms with Crippen LogP contribution in [0.1, 0.15) is 13.3 Å². The number of nitrogens with one attached hydrogen (secondary N) is 1. The van der Waals surface area contributed by atoms with Crippen LogP contribution >= 0.6 is 0 Å². The molecule has 1 saturated carbocycles. The van der Waals surface area contributed by atoms with Crippen LogP contribution in [0.2, 0.25) is 0 Å². The van der Waals surface area contributed by atoms with Gasteiger partial charge in [-0.15, -0.1) is 0 Å². The van der Waals surface area contributed by atoms with E-state index in [0.29, 0.717) is 0 Å². The number of aliphatic hydroxyl groups excluding tert-OH is 1. The lowest BCUT2D eigenvalue weighted by Crippen LogP contribution is -2.35. The molecule has 1 aliphatic heterocycles. The van der Waals surface area contributed by atoms with Crippen molar-refractivity contribution in [2.75, 3.05) is 6.61 Å². The van der Waals surface area contributed by atoms with E-state index in [9.17, 15) is 4.79 Å². The van der Waals surface area contributed by atoms with E-state index < -0.39 is 0 Å². The van der Waals surface area contributed by atoms with Crippen molar-refractivity contribution in [3.63, 3.8) is 0 Å². The Morgan fingerprint density at radius 1 is 1.67 bits per heavy atom. The van der Waals surface area contributed by atoms with Gasteiger partial charge in [-0.05, 0) is 6.42 Å². The molecule has 2 fully saturated rings. The van der Waals surface area contributed by atoms with E-state index in [1.54, 1.807) is 0 Å². The zero-order chi connectivity index (χ0) is 8.72. The fourth-order valence-corrected chi connectivity index (χ4v) is 2.01. The van der Waals surface area contributed by atoms with Gasteiger partial charge < -0.3 is 15.2 Å². The van der Waals surface area contributed by atoms with E-state index in [2.05, 4.69) is 5.32 Å². The number of hydrogen-bond donors (Lipinski definition) is 2. The first kappa shape index (κ1) is 8.01. The van der Waals surface area contributed by atoms with Crippen molar-refractivity contribution in [1.82, 2.24) is 5.32 Å². The summed E-state index contributed by atoms with van der Waals surface area (Å²) in [6.45, 7) is 1.67. The van der Waals surface area contributed by atoms with Crippen LogP contribution in [0.3, 0.4) is 0 Å². The molecule has 0 aromatic rings. The second kappa shape index (κ2) is 2.71. The predicted molar refractivity (Wildman–Crippen MR) is 41.5 cm³/mol. The van der Waals surface area contributed by atoms with E-state index in [-0.39, 0.29) is 36.7 Å². The van der Waals surface area contributed by atoms with Crippen LogP contribution in [-0.2, 0) is 9.53 Å². The molecule has 0 aromatic carbocycles. The van der Waals surface area contributed by atoms with Crippen LogP contribution in [-0.4, -0.2) is 35.9 Å². The van der Waals surface area contributed by atoms with Gasteiger partial charge in [-0.25, -0.2) is 0 Å². The molecule has 4 heteroatoms. The van der Waals surface area contributed by atoms with Crippen LogP contribution < -0.4 is 5.32 Å². The lowest BCUT2D eigenvalue weighted by Gasteiger charge is -2.14. The lowest BCUT2D eigenvalue weighted by atomic mass is 10.1. The van der Waals surface area contributed by atoms with Crippen molar-refractivity contribution in [2.24, 2.45) is 5.92 Å². The largest absolute Gasteiger partial charge is 0.396 e. The number of epoxide rings is 1. The Morgan fingerprint density at radius 3 is 2.92 bits per heavy atom. The maximum atomic E-state index is 10.7. The minimum Gasteiger partial charge on any atom is -0.396 e. The summed E-state index contributed by atoms with van der Waals surface area (Å²) in [5, 5.41) is 11.7. The van der Waals surface area contributed by atoms with E-state index in [0.717, 1.165) is 6.42 Å². The average Bonchev–Trinajstić information content (AvgIpc) is 2.71. The minimum atomic E-state index is -0.0205. The molecule has 0 aromatic heterocycles. The number of fused-ring (bicyclic) bond motifs is 1. The molecule has 4 atom stereocenters. The van der Waals surface area contributed by atoms with Gasteiger partial charge >= 0.3 is 0 Å². The summed E-state index contributed by atoms with van der Waals surface area (Å²) >= 11 is 0. The Morgan fingerprint density at radius 2 is 2.42 bits per heavy atom. The van der Waals surface area contributed by atoms with Crippen molar-refractivity contribution in [2.45, 2.75) is 31.6 Å². The highest BCUT2D eigenvalue weighted by molar-refractivity contribution is 5.73. The Hall–Kier alpha value is -0.610. The third-order valence-electron chi connectivity index (χ3n) is 2.60. The summed E-state index contributed by atoms with van der Waals surface area (Å²) in [6, 6.07) is 0.129. The molecule has 2 rings (SSSR count). The second-order valence-electron chi connectivity index (χ2n) is 3.55. The van der Waals surface area contributed by atoms with Crippen molar-refractivity contribution >= 4 is 5.91 Å². The molecule has 0 bridgehead atoms. The quantitative estimate of drug-likeness (QED) is 0.538. The number of carbonyl (C=O) groups is 1. The highest BCUT2D eigenvalue weighted by Gasteiger charge is 2.56. The number of aliphatic hydroxyl groups is 1. The smallest absolute Gasteiger partial charge is 0.217 e. The Bertz CT molecular complexity index is 206. The summed E-state index contributed by atoms with van der Waals surface area (Å²) in [4.78, 5) is 10.7. The molecule has 1 heterocycles. The number of carbonyl (C=O) groups excluding carboxylic acids is 1. The average molecular weight is 171 g/mol. The lowest BCUT2D eigenvalue weighted by molar-refractivity contribution is -0.119. The molecule has 2 aliphatic rings. The van der Waals surface area contributed by atoms with Gasteiger partial charge in [0.15, 0.2) is 0 Å². The second-order valence-corrected chi connectivity index (χ2v) is 3.55. The first-order chi connectivity index (χ1) is 5.72. The maximum absolute atomic E-state index is 10.7. The number of amides is 1. The van der Waals surface area contributed by atoms with E-state index in [1.165, 1.54) is 6.92 Å². The van der Waals surface area contributed by atoms with Crippen LogP contribution in [0.25, 0.3) is 0 Å². The number of rotatable bonds is 2. The first-order valence-corrected chi connectivity index (χ1v) is 4.26. The molecule has 0 radical (unpaired) electrons. The van der Waals surface area contributed by atoms with Crippen molar-refractivity contribution < 1.29 is 14.6 Å². The van der Waals surface area contributed by atoms with Crippen LogP contribution in [0.5, 0.6) is 0 Å². The standard InChI is InChI=1S/C8H13NO3/c1-4(11)9-6-2-5(3-10)7-8(6)12-7/h5-8,10H,2-3H2,1H3,(H,9,11)/t5-,6-,7+,8-/m1/s1. The van der Waals surface area contributed by atoms with Crippen molar-refractivity contribution in [3.05, 3.63) is 0 Å². The fraction of sp³-hybridized carbons (Fsp3) is 0.875. The van der Waals surface area contributed by atoms with Gasteiger partial charge in [-0.1, -0.05) is 0 Å². The summed E-state index contributed by atoms with van der Waals surface area (Å²) in [7, 11) is 0. The van der Waals surface area contributed by atoms with Crippen molar-refractivity contribution in [1.29, 1.82) is 0 Å². The minimum absolute atomic E-state index is 0.0205. The molecule has 1 aliphatic carbocycles. The zero-order valence-electron chi connectivity index (χ0n) is 6.99. The van der Waals surface area contributed by atoms with Gasteiger partial charge in [0.2, 0.25) is 5.91 Å². The molecule has 2 N–H and O–H groups in total. The molecule has 4 nitrogen and oxygen atoms in total. The van der Waals surface area contributed by atoms with Crippen molar-refractivity contribution in [3.8, 4) is 0 Å². The summed E-state index contributed by atoms with van der Waals surface area (Å²) in [6.07, 6.45) is 1.23. The van der Waals surface area contributed by atoms with E-state index in [4.69, 9.17) is 9.84 Å². The number of ether oxygens (including phenoxy) is 1. The Kier molecular flexibility index (Phi) is 1.81. The van der Waals surface area contributed by atoms with Gasteiger partial charge in [0, 0.05) is 19.4 Å². The molecular formula is C8H13NO3. The third-order valence-corrected chi connectivity index (χ3v) is 2.60. The SMILES string of the molecule is CC(=O)N[C@@H]1C[C@H](CO)[C@@H]2O[C@@H]21. The van der Waals surface area contributed by atoms with Gasteiger partial charge in [0.1, 0.15) is 6.10 Å². The summed E-state index contributed by atoms with van der Waals surface area (Å²) < 4.78 is 5.30. The third kappa shape index (κ3) is 1.21. The molecule has 0 spiro atoms. The Balaban J connectivity index is 1.90. The van der Waals surface area contributed by atoms with E-state index in [1.807, 2.05) is 0 Å². The first-order valence-electron chi connectivity index (χ1n) is 4.26. The molecule has 1 saturated heterocycles. The fourth-order valence-electron chi connectivity index (χ4n) is 2.01. The summed E-state index contributed by atoms with van der Waals surface area (Å²) in [5.41, 5.74) is 0. The number of hydrogen-bond acceptors (Lipinski definition) is 3. The molecule has 0 unspecified atom stereocenters. The van der Waals surface area contributed by atoms with Crippen LogP contribution in [0.15, 0.2) is 0 Å². The molecule has 1 amide bonds. The Labute approximate surface area is 70.9 Å². The van der Waals surface area contributed by atoms with Crippen LogP contribution in [0.4, 0.5) is 0 Å². The molecule has 68 valence electrons. The van der Waals surface area contributed by atoms with Gasteiger partial charge in [-0.2, -0.15) is 0 Å².